The van der Waals surface area contributed by atoms with E-state index < -0.39 is 6.04 Å². The third kappa shape index (κ3) is 5.98. The van der Waals surface area contributed by atoms with Crippen LogP contribution < -0.4 is 5.32 Å². The van der Waals surface area contributed by atoms with Crippen LogP contribution in [0.4, 0.5) is 4.39 Å². The van der Waals surface area contributed by atoms with Crippen LogP contribution >= 0.6 is 24.0 Å². The first-order chi connectivity index (χ1) is 14.5. The first-order valence-corrected chi connectivity index (χ1v) is 10.6. The van der Waals surface area contributed by atoms with E-state index in [0.29, 0.717) is 21.2 Å². The Morgan fingerprint density at radius 1 is 1.20 bits per heavy atom. The second kappa shape index (κ2) is 10.5. The molecule has 8 heteroatoms. The van der Waals surface area contributed by atoms with E-state index in [1.807, 2.05) is 30.3 Å². The number of carbonyl (C=O) groups excluding carboxylic acids is 2. The molecule has 1 aliphatic heterocycles. The van der Waals surface area contributed by atoms with Gasteiger partial charge in [0.15, 0.2) is 0 Å². The van der Waals surface area contributed by atoms with Crippen LogP contribution in [0.15, 0.2) is 59.5 Å². The highest BCUT2D eigenvalue weighted by Gasteiger charge is 2.32. The van der Waals surface area contributed by atoms with Gasteiger partial charge in [0.1, 0.15) is 10.1 Å². The van der Waals surface area contributed by atoms with E-state index in [9.17, 15) is 19.1 Å². The van der Waals surface area contributed by atoms with Crippen LogP contribution in [0, 0.1) is 5.82 Å². The summed E-state index contributed by atoms with van der Waals surface area (Å²) in [5.41, 5.74) is 1.71. The maximum atomic E-state index is 13.0. The van der Waals surface area contributed by atoms with E-state index in [-0.39, 0.29) is 37.2 Å². The molecule has 2 amide bonds. The molecule has 0 saturated carbocycles. The van der Waals surface area contributed by atoms with Crippen LogP contribution in [-0.2, 0) is 16.0 Å². The second-order valence-corrected chi connectivity index (χ2v) is 8.45. The highest BCUT2D eigenvalue weighted by molar-refractivity contribution is 8.26. The Hall–Kier alpha value is -2.55. The highest BCUT2D eigenvalue weighted by atomic mass is 32.2. The predicted octanol–water partition coefficient (Wildman–Crippen LogP) is 3.14. The molecule has 0 radical (unpaired) electrons. The Morgan fingerprint density at radius 3 is 2.57 bits per heavy atom. The summed E-state index contributed by atoms with van der Waals surface area (Å²) in [4.78, 5) is 26.8. The van der Waals surface area contributed by atoms with Crippen molar-refractivity contribution < 1.29 is 19.1 Å². The van der Waals surface area contributed by atoms with E-state index >= 15 is 0 Å². The zero-order valence-corrected chi connectivity index (χ0v) is 17.7. The zero-order valence-electron chi connectivity index (χ0n) is 16.1. The number of aliphatic hydroxyl groups is 1. The lowest BCUT2D eigenvalue weighted by Crippen LogP contribution is -2.41. The van der Waals surface area contributed by atoms with Gasteiger partial charge in [0.05, 0.1) is 17.6 Å². The molecule has 1 aliphatic rings. The van der Waals surface area contributed by atoms with Crippen molar-refractivity contribution in [2.75, 3.05) is 13.2 Å². The molecule has 3 rings (SSSR count). The third-order valence-electron chi connectivity index (χ3n) is 4.51. The summed E-state index contributed by atoms with van der Waals surface area (Å²) < 4.78 is 13.4. The number of carbonyl (C=O) groups is 2. The Kier molecular flexibility index (Phi) is 7.73. The molecule has 30 heavy (non-hydrogen) atoms. The van der Waals surface area contributed by atoms with Gasteiger partial charge in [-0.3, -0.25) is 14.5 Å². The molecule has 0 aromatic heterocycles. The van der Waals surface area contributed by atoms with E-state index in [1.165, 1.54) is 17.0 Å². The van der Waals surface area contributed by atoms with Gasteiger partial charge in [-0.2, -0.15) is 0 Å². The molecular formula is C22H21FN2O3S2. The molecule has 2 aromatic rings. The predicted molar refractivity (Wildman–Crippen MR) is 120 cm³/mol. The van der Waals surface area contributed by atoms with Crippen molar-refractivity contribution >= 4 is 46.2 Å². The Bertz CT molecular complexity index is 949. The zero-order chi connectivity index (χ0) is 21.5. The largest absolute Gasteiger partial charge is 0.394 e. The molecule has 0 aliphatic carbocycles. The SMILES string of the molecule is O=C(CCN1C(=O)/C(=C\c2ccc(F)cc2)SC1=S)N[C@@H](CO)Cc1ccccc1. The summed E-state index contributed by atoms with van der Waals surface area (Å²) in [5, 5.41) is 12.4. The smallest absolute Gasteiger partial charge is 0.266 e. The highest BCUT2D eigenvalue weighted by Crippen LogP contribution is 2.32. The van der Waals surface area contributed by atoms with Gasteiger partial charge in [-0.1, -0.05) is 66.4 Å². The molecular weight excluding hydrogens is 423 g/mol. The minimum absolute atomic E-state index is 0.0710. The van der Waals surface area contributed by atoms with Gasteiger partial charge >= 0.3 is 0 Å². The van der Waals surface area contributed by atoms with Crippen molar-refractivity contribution in [3.05, 3.63) is 76.4 Å². The van der Waals surface area contributed by atoms with Gasteiger partial charge in [0, 0.05) is 13.0 Å². The van der Waals surface area contributed by atoms with Crippen LogP contribution in [0.3, 0.4) is 0 Å². The van der Waals surface area contributed by atoms with Gasteiger partial charge in [-0.25, -0.2) is 4.39 Å². The molecule has 1 saturated heterocycles. The van der Waals surface area contributed by atoms with Crippen LogP contribution in [-0.4, -0.2) is 45.3 Å². The average molecular weight is 445 g/mol. The van der Waals surface area contributed by atoms with Crippen molar-refractivity contribution in [2.24, 2.45) is 0 Å². The van der Waals surface area contributed by atoms with Gasteiger partial charge in [-0.15, -0.1) is 0 Å². The number of thioether (sulfide) groups is 1. The van der Waals surface area contributed by atoms with Crippen molar-refractivity contribution in [2.45, 2.75) is 18.9 Å². The standard InChI is InChI=1S/C22H21FN2O3S2/c23-17-8-6-16(7-9-17)13-19-21(28)25(22(29)30-19)11-10-20(27)24-18(14-26)12-15-4-2-1-3-5-15/h1-9,13,18,26H,10-12,14H2,(H,24,27)/b19-13+/t18-/m1/s1. The summed E-state index contributed by atoms with van der Waals surface area (Å²) in [6.45, 7) is -0.0250. The number of benzene rings is 2. The molecule has 2 aromatic carbocycles. The Labute approximate surface area is 184 Å². The summed E-state index contributed by atoms with van der Waals surface area (Å²) >= 11 is 6.43. The number of thiocarbonyl (C=S) groups is 1. The summed E-state index contributed by atoms with van der Waals surface area (Å²) in [7, 11) is 0. The molecule has 1 atom stereocenters. The Morgan fingerprint density at radius 2 is 1.90 bits per heavy atom. The van der Waals surface area contributed by atoms with Crippen molar-refractivity contribution in [3.8, 4) is 0 Å². The number of halogens is 1. The lowest BCUT2D eigenvalue weighted by atomic mass is 10.1. The maximum Gasteiger partial charge on any atom is 0.266 e. The molecule has 5 nitrogen and oxygen atoms in total. The fourth-order valence-corrected chi connectivity index (χ4v) is 4.28. The lowest BCUT2D eigenvalue weighted by Gasteiger charge is -2.18. The minimum Gasteiger partial charge on any atom is -0.394 e. The summed E-state index contributed by atoms with van der Waals surface area (Å²) in [6, 6.07) is 15.0. The number of hydrogen-bond acceptors (Lipinski definition) is 5. The van der Waals surface area contributed by atoms with E-state index in [0.717, 1.165) is 17.3 Å². The second-order valence-electron chi connectivity index (χ2n) is 6.77. The van der Waals surface area contributed by atoms with Gasteiger partial charge in [-0.05, 0) is 35.8 Å². The fraction of sp³-hybridized carbons (Fsp3) is 0.227. The molecule has 1 heterocycles. The van der Waals surface area contributed by atoms with E-state index in [4.69, 9.17) is 12.2 Å². The number of rotatable bonds is 8. The van der Waals surface area contributed by atoms with Crippen molar-refractivity contribution in [1.29, 1.82) is 0 Å². The van der Waals surface area contributed by atoms with Gasteiger partial charge in [0.25, 0.3) is 5.91 Å². The molecule has 2 N–H and O–H groups in total. The van der Waals surface area contributed by atoms with E-state index in [1.54, 1.807) is 18.2 Å². The summed E-state index contributed by atoms with van der Waals surface area (Å²) in [5.74, 6) is -0.883. The molecule has 156 valence electrons. The summed E-state index contributed by atoms with van der Waals surface area (Å²) in [6.07, 6.45) is 2.24. The number of amides is 2. The van der Waals surface area contributed by atoms with Crippen LogP contribution in [0.5, 0.6) is 0 Å². The molecule has 0 unspecified atom stereocenters. The van der Waals surface area contributed by atoms with Crippen molar-refractivity contribution in [3.63, 3.8) is 0 Å². The lowest BCUT2D eigenvalue weighted by molar-refractivity contribution is -0.124. The molecule has 0 spiro atoms. The quantitative estimate of drug-likeness (QED) is 0.484. The maximum absolute atomic E-state index is 13.0. The third-order valence-corrected chi connectivity index (χ3v) is 5.89. The number of hydrogen-bond donors (Lipinski definition) is 2. The Balaban J connectivity index is 1.54. The number of nitrogens with zero attached hydrogens (tertiary/aromatic N) is 1. The fourth-order valence-electron chi connectivity index (χ4n) is 2.98. The first kappa shape index (κ1) is 22.1. The molecule has 0 bridgehead atoms. The normalized spacial score (nSPS) is 16.2. The van der Waals surface area contributed by atoms with Crippen molar-refractivity contribution in [1.82, 2.24) is 10.2 Å². The number of nitrogens with one attached hydrogen (secondary N) is 1. The van der Waals surface area contributed by atoms with Gasteiger partial charge in [0.2, 0.25) is 5.91 Å². The monoisotopic (exact) mass is 444 g/mol. The van der Waals surface area contributed by atoms with Crippen LogP contribution in [0.25, 0.3) is 6.08 Å². The minimum atomic E-state index is -0.399. The van der Waals surface area contributed by atoms with Crippen LogP contribution in [0.1, 0.15) is 17.5 Å². The van der Waals surface area contributed by atoms with Crippen LogP contribution in [0.2, 0.25) is 0 Å². The van der Waals surface area contributed by atoms with E-state index in [2.05, 4.69) is 5.32 Å². The molecule has 1 fully saturated rings. The van der Waals surface area contributed by atoms with Gasteiger partial charge < -0.3 is 10.4 Å². The average Bonchev–Trinajstić information content (AvgIpc) is 3.01. The topological polar surface area (TPSA) is 69.6 Å². The first-order valence-electron chi connectivity index (χ1n) is 9.41. The number of aliphatic hydroxyl groups excluding tert-OH is 1.